The second kappa shape index (κ2) is 7.95. The van der Waals surface area contributed by atoms with E-state index >= 15 is 0 Å². The smallest absolute Gasteiger partial charge is 0.315 e. The molecule has 0 aromatic heterocycles. The van der Waals surface area contributed by atoms with Gasteiger partial charge >= 0.3 is 11.9 Å². The van der Waals surface area contributed by atoms with Gasteiger partial charge in [0.05, 0.1) is 13.2 Å². The van der Waals surface area contributed by atoms with Crippen molar-refractivity contribution in [2.24, 2.45) is 11.3 Å². The highest BCUT2D eigenvalue weighted by Crippen LogP contribution is 2.49. The molecule has 1 saturated carbocycles. The number of allylic oxidation sites excluding steroid dienone is 2. The first-order valence-corrected chi connectivity index (χ1v) is 8.30. The molecule has 0 aliphatic heterocycles. The third-order valence-corrected chi connectivity index (χ3v) is 4.39. The zero-order valence-corrected chi connectivity index (χ0v) is 14.9. The molecule has 5 nitrogen and oxygen atoms in total. The lowest BCUT2D eigenvalue weighted by molar-refractivity contribution is -0.177. The van der Waals surface area contributed by atoms with Crippen molar-refractivity contribution in [3.8, 4) is 0 Å². The first-order valence-electron chi connectivity index (χ1n) is 8.30. The number of hydrogen-bond donors (Lipinski definition) is 1. The van der Waals surface area contributed by atoms with Crippen LogP contribution in [-0.4, -0.2) is 35.9 Å². The minimum Gasteiger partial charge on any atom is -0.469 e. The predicted octanol–water partition coefficient (Wildman–Crippen LogP) is 3.00. The van der Waals surface area contributed by atoms with Crippen LogP contribution in [0.25, 0.3) is 0 Å². The van der Waals surface area contributed by atoms with Gasteiger partial charge in [0.2, 0.25) is 0 Å². The summed E-state index contributed by atoms with van der Waals surface area (Å²) in [7, 11) is 1.33. The Kier molecular flexibility index (Phi) is 6.81. The van der Waals surface area contributed by atoms with Gasteiger partial charge in [0.25, 0.3) is 0 Å². The van der Waals surface area contributed by atoms with E-state index in [4.69, 9.17) is 9.47 Å². The van der Waals surface area contributed by atoms with E-state index in [1.807, 2.05) is 19.1 Å². The molecule has 1 N–H and O–H groups in total. The van der Waals surface area contributed by atoms with E-state index in [-0.39, 0.29) is 18.3 Å². The molecule has 0 heterocycles. The minimum atomic E-state index is -1.08. The zero-order chi connectivity index (χ0) is 17.7. The summed E-state index contributed by atoms with van der Waals surface area (Å²) in [5, 5.41) is 10.6. The molecular weight excluding hydrogens is 296 g/mol. The Balaban J connectivity index is 3.15. The molecule has 0 radical (unpaired) electrons. The lowest BCUT2D eigenvalue weighted by Gasteiger charge is -2.37. The molecule has 1 rings (SSSR count). The number of carbonyl (C=O) groups excluding carboxylic acids is 2. The number of methoxy groups -OCH3 is 1. The summed E-state index contributed by atoms with van der Waals surface area (Å²) in [5.41, 5.74) is -1.72. The average Bonchev–Trinajstić information content (AvgIpc) is 2.75. The van der Waals surface area contributed by atoms with Crippen molar-refractivity contribution in [1.82, 2.24) is 0 Å². The van der Waals surface area contributed by atoms with E-state index in [1.54, 1.807) is 20.8 Å². The molecule has 23 heavy (non-hydrogen) atoms. The van der Waals surface area contributed by atoms with Crippen LogP contribution in [0.2, 0.25) is 0 Å². The highest BCUT2D eigenvalue weighted by molar-refractivity contribution is 5.81. The number of rotatable bonds is 6. The molecule has 0 saturated heterocycles. The second-order valence-corrected chi connectivity index (χ2v) is 7.20. The Labute approximate surface area is 139 Å². The molecule has 5 heteroatoms. The lowest BCUT2D eigenvalue weighted by atomic mass is 9.72. The number of carbonyl (C=O) groups is 2. The van der Waals surface area contributed by atoms with Crippen molar-refractivity contribution < 1.29 is 24.2 Å². The monoisotopic (exact) mass is 326 g/mol. The Morgan fingerprint density at radius 1 is 1.26 bits per heavy atom. The Hall–Kier alpha value is -1.36. The second-order valence-electron chi connectivity index (χ2n) is 7.20. The maximum Gasteiger partial charge on any atom is 0.315 e. The summed E-state index contributed by atoms with van der Waals surface area (Å²) >= 11 is 0. The minimum absolute atomic E-state index is 0.118. The lowest BCUT2D eigenvalue weighted by Crippen LogP contribution is -2.47. The van der Waals surface area contributed by atoms with Gasteiger partial charge in [-0.1, -0.05) is 19.1 Å². The largest absolute Gasteiger partial charge is 0.469 e. The number of esters is 2. The summed E-state index contributed by atoms with van der Waals surface area (Å²) in [6.45, 7) is 7.42. The van der Waals surface area contributed by atoms with Crippen LogP contribution in [-0.2, 0) is 19.1 Å². The number of hydrogen-bond acceptors (Lipinski definition) is 5. The Morgan fingerprint density at radius 2 is 1.91 bits per heavy atom. The van der Waals surface area contributed by atoms with E-state index in [2.05, 4.69) is 0 Å². The first kappa shape index (κ1) is 19.7. The van der Waals surface area contributed by atoms with Gasteiger partial charge in [-0.2, -0.15) is 0 Å². The first-order chi connectivity index (χ1) is 10.7. The molecule has 1 fully saturated rings. The fourth-order valence-corrected chi connectivity index (χ4v) is 3.22. The van der Waals surface area contributed by atoms with Crippen molar-refractivity contribution in [1.29, 1.82) is 0 Å². The number of ether oxygens (including phenoxy) is 2. The van der Waals surface area contributed by atoms with Crippen LogP contribution in [0.5, 0.6) is 0 Å². The molecule has 0 bridgehead atoms. The highest BCUT2D eigenvalue weighted by atomic mass is 16.6. The summed E-state index contributed by atoms with van der Waals surface area (Å²) in [4.78, 5) is 24.6. The predicted molar refractivity (Wildman–Crippen MR) is 87.7 cm³/mol. The molecule has 0 aromatic carbocycles. The Bertz CT molecular complexity index is 449. The maximum atomic E-state index is 12.9. The van der Waals surface area contributed by atoms with E-state index < -0.39 is 23.1 Å². The molecule has 3 atom stereocenters. The summed E-state index contributed by atoms with van der Waals surface area (Å²) < 4.78 is 10.3. The van der Waals surface area contributed by atoms with E-state index in [0.29, 0.717) is 19.3 Å². The molecule has 0 spiro atoms. The van der Waals surface area contributed by atoms with Crippen molar-refractivity contribution in [3.63, 3.8) is 0 Å². The van der Waals surface area contributed by atoms with Gasteiger partial charge in [-0.05, 0) is 52.4 Å². The number of aliphatic hydroxyl groups excluding tert-OH is 1. The number of aliphatic hydroxyl groups is 1. The highest BCUT2D eigenvalue weighted by Gasteiger charge is 2.56. The maximum absolute atomic E-state index is 12.9. The quantitative estimate of drug-likeness (QED) is 0.600. The summed E-state index contributed by atoms with van der Waals surface area (Å²) in [6, 6.07) is 0. The molecule has 0 aromatic rings. The molecule has 132 valence electrons. The van der Waals surface area contributed by atoms with Gasteiger partial charge in [0.1, 0.15) is 11.0 Å². The van der Waals surface area contributed by atoms with E-state index in [9.17, 15) is 14.7 Å². The van der Waals surface area contributed by atoms with Crippen LogP contribution >= 0.6 is 0 Å². The van der Waals surface area contributed by atoms with Crippen LogP contribution in [0.1, 0.15) is 59.8 Å². The fourth-order valence-electron chi connectivity index (χ4n) is 3.22. The fraction of sp³-hybridized carbons (Fsp3) is 0.778. The van der Waals surface area contributed by atoms with Crippen LogP contribution < -0.4 is 0 Å². The van der Waals surface area contributed by atoms with Crippen molar-refractivity contribution in [2.75, 3.05) is 7.11 Å². The van der Waals surface area contributed by atoms with Gasteiger partial charge in [0.15, 0.2) is 0 Å². The SMILES string of the molecule is CCC=CCC1(C(=O)OC(C)(C)C)C(O)CCC1CC(=O)OC. The molecule has 3 unspecified atom stereocenters. The van der Waals surface area contributed by atoms with Crippen molar-refractivity contribution in [2.45, 2.75) is 71.5 Å². The zero-order valence-electron chi connectivity index (χ0n) is 14.9. The van der Waals surface area contributed by atoms with Gasteiger partial charge in [-0.25, -0.2) is 0 Å². The van der Waals surface area contributed by atoms with Crippen LogP contribution in [0, 0.1) is 11.3 Å². The third kappa shape index (κ3) is 4.80. The van der Waals surface area contributed by atoms with Gasteiger partial charge in [-0.3, -0.25) is 9.59 Å². The summed E-state index contributed by atoms with van der Waals surface area (Å²) in [5.74, 6) is -1.07. The third-order valence-electron chi connectivity index (χ3n) is 4.39. The van der Waals surface area contributed by atoms with Gasteiger partial charge in [-0.15, -0.1) is 0 Å². The van der Waals surface area contributed by atoms with Gasteiger partial charge in [0, 0.05) is 6.42 Å². The van der Waals surface area contributed by atoms with Crippen LogP contribution in [0.3, 0.4) is 0 Å². The van der Waals surface area contributed by atoms with E-state index in [1.165, 1.54) is 7.11 Å². The van der Waals surface area contributed by atoms with Crippen molar-refractivity contribution in [3.05, 3.63) is 12.2 Å². The normalized spacial score (nSPS) is 28.1. The average molecular weight is 326 g/mol. The molecule has 1 aliphatic rings. The molecule has 1 aliphatic carbocycles. The van der Waals surface area contributed by atoms with Crippen LogP contribution in [0.4, 0.5) is 0 Å². The van der Waals surface area contributed by atoms with Crippen molar-refractivity contribution >= 4 is 11.9 Å². The molecular formula is C18H30O5. The Morgan fingerprint density at radius 3 is 2.43 bits per heavy atom. The van der Waals surface area contributed by atoms with Crippen LogP contribution in [0.15, 0.2) is 12.2 Å². The standard InChI is InChI=1S/C18H30O5/c1-6-7-8-11-18(16(21)23-17(2,3)4)13(9-10-14(18)19)12-15(20)22-5/h7-8,13-14,19H,6,9-12H2,1-5H3. The van der Waals surface area contributed by atoms with E-state index in [0.717, 1.165) is 6.42 Å². The summed E-state index contributed by atoms with van der Waals surface area (Å²) in [6.07, 6.45) is 5.49. The van der Waals surface area contributed by atoms with Gasteiger partial charge < -0.3 is 14.6 Å². The molecule has 0 amide bonds. The topological polar surface area (TPSA) is 72.8 Å².